The van der Waals surface area contributed by atoms with Crippen LogP contribution >= 0.6 is 0 Å². The van der Waals surface area contributed by atoms with Crippen LogP contribution in [0, 0.1) is 6.10 Å². The average molecular weight is 369 g/mol. The van der Waals surface area contributed by atoms with Gasteiger partial charge in [0.15, 0.2) is 5.92 Å². The first-order valence-corrected chi connectivity index (χ1v) is 10.2. The molecular formula is C24H34NO2+. The van der Waals surface area contributed by atoms with Crippen LogP contribution in [0.3, 0.4) is 0 Å². The van der Waals surface area contributed by atoms with E-state index >= 15 is 0 Å². The predicted octanol–water partition coefficient (Wildman–Crippen LogP) is 5.28. The first kappa shape index (κ1) is 21.3. The number of hydrogen-bond donors (Lipinski definition) is 1. The first-order chi connectivity index (χ1) is 13.3. The van der Waals surface area contributed by atoms with E-state index in [1.165, 1.54) is 22.8 Å². The van der Waals surface area contributed by atoms with Gasteiger partial charge in [0.25, 0.3) is 0 Å². The summed E-state index contributed by atoms with van der Waals surface area (Å²) in [5.41, 5.74) is 9.70. The second-order valence-electron chi connectivity index (χ2n) is 6.62. The SMILES string of the molecule is CC.COc1ccc2c(c1)CC[C+](OCCCCN)C2Cc1ccccc1. The van der Waals surface area contributed by atoms with Crippen molar-refractivity contribution in [2.24, 2.45) is 5.73 Å². The highest BCUT2D eigenvalue weighted by molar-refractivity contribution is 5.43. The number of methoxy groups -OCH3 is 1. The number of nitrogens with two attached hydrogens (primary N) is 1. The van der Waals surface area contributed by atoms with Gasteiger partial charge < -0.3 is 10.5 Å². The molecule has 0 fully saturated rings. The van der Waals surface area contributed by atoms with E-state index in [0.717, 1.165) is 51.0 Å². The summed E-state index contributed by atoms with van der Waals surface area (Å²) < 4.78 is 11.6. The molecule has 2 aromatic rings. The Kier molecular flexibility index (Phi) is 9.23. The quantitative estimate of drug-likeness (QED) is 0.509. The van der Waals surface area contributed by atoms with Crippen molar-refractivity contribution in [2.75, 3.05) is 20.3 Å². The summed E-state index contributed by atoms with van der Waals surface area (Å²) in [5, 5.41) is 0. The van der Waals surface area contributed by atoms with Gasteiger partial charge in [-0.1, -0.05) is 50.2 Å². The molecule has 146 valence electrons. The van der Waals surface area contributed by atoms with E-state index in [9.17, 15) is 0 Å². The van der Waals surface area contributed by atoms with Crippen LogP contribution in [-0.2, 0) is 17.6 Å². The highest BCUT2D eigenvalue weighted by Crippen LogP contribution is 2.41. The van der Waals surface area contributed by atoms with Gasteiger partial charge in [0, 0.05) is 18.4 Å². The Morgan fingerprint density at radius 3 is 2.56 bits per heavy atom. The molecule has 0 saturated heterocycles. The largest absolute Gasteiger partial charge is 0.497 e. The molecule has 1 unspecified atom stereocenters. The van der Waals surface area contributed by atoms with Crippen molar-refractivity contribution in [3.8, 4) is 5.75 Å². The average Bonchev–Trinajstić information content (AvgIpc) is 2.74. The maximum absolute atomic E-state index is 6.21. The molecule has 3 heteroatoms. The third-order valence-electron chi connectivity index (χ3n) is 4.92. The Morgan fingerprint density at radius 2 is 1.85 bits per heavy atom. The zero-order valence-corrected chi connectivity index (χ0v) is 17.0. The fourth-order valence-electron chi connectivity index (χ4n) is 3.57. The zero-order valence-electron chi connectivity index (χ0n) is 17.0. The van der Waals surface area contributed by atoms with Gasteiger partial charge in [-0.15, -0.1) is 0 Å². The van der Waals surface area contributed by atoms with Crippen LogP contribution in [0.1, 0.15) is 55.7 Å². The van der Waals surface area contributed by atoms with Gasteiger partial charge in [-0.3, -0.25) is 0 Å². The smallest absolute Gasteiger partial charge is 0.249 e. The van der Waals surface area contributed by atoms with E-state index in [0.29, 0.717) is 5.92 Å². The van der Waals surface area contributed by atoms with Gasteiger partial charge in [-0.25, -0.2) is 0 Å². The Bertz CT molecular complexity index is 657. The summed E-state index contributed by atoms with van der Waals surface area (Å²) in [6.45, 7) is 5.50. The van der Waals surface area contributed by atoms with Crippen LogP contribution in [-0.4, -0.2) is 20.3 Å². The maximum Gasteiger partial charge on any atom is 0.249 e. The molecule has 0 heterocycles. The minimum absolute atomic E-state index is 0.315. The lowest BCUT2D eigenvalue weighted by molar-refractivity contribution is 0.107. The normalized spacial score (nSPS) is 15.6. The molecule has 0 aromatic heterocycles. The molecule has 2 N–H and O–H groups in total. The lowest BCUT2D eigenvalue weighted by Gasteiger charge is -2.24. The Balaban J connectivity index is 0.00000126. The van der Waals surface area contributed by atoms with Crippen LogP contribution in [0.15, 0.2) is 48.5 Å². The molecule has 1 atom stereocenters. The zero-order chi connectivity index (χ0) is 19.5. The van der Waals surface area contributed by atoms with Gasteiger partial charge in [0.2, 0.25) is 6.10 Å². The molecule has 0 amide bonds. The highest BCUT2D eigenvalue weighted by Gasteiger charge is 2.41. The molecule has 2 aromatic carbocycles. The van der Waals surface area contributed by atoms with Gasteiger partial charge >= 0.3 is 0 Å². The lowest BCUT2D eigenvalue weighted by Crippen LogP contribution is -2.24. The third kappa shape index (κ3) is 6.02. The van der Waals surface area contributed by atoms with Crippen LogP contribution in [0.5, 0.6) is 5.75 Å². The number of ether oxygens (including phenoxy) is 2. The number of fused-ring (bicyclic) bond motifs is 1. The molecule has 1 aliphatic carbocycles. The topological polar surface area (TPSA) is 44.5 Å². The van der Waals surface area contributed by atoms with Crippen LogP contribution in [0.4, 0.5) is 0 Å². The molecule has 27 heavy (non-hydrogen) atoms. The molecule has 0 bridgehead atoms. The Labute approximate surface area is 164 Å². The van der Waals surface area contributed by atoms with Gasteiger partial charge in [0.1, 0.15) is 12.2 Å². The van der Waals surface area contributed by atoms with Gasteiger partial charge in [0.05, 0.1) is 13.7 Å². The van der Waals surface area contributed by atoms with Crippen molar-refractivity contribution < 1.29 is 9.47 Å². The molecule has 1 aliphatic rings. The first-order valence-electron chi connectivity index (χ1n) is 10.2. The summed E-state index contributed by atoms with van der Waals surface area (Å²) >= 11 is 0. The number of hydrogen-bond acceptors (Lipinski definition) is 3. The summed E-state index contributed by atoms with van der Waals surface area (Å²) in [6.07, 6.45) is 6.24. The summed E-state index contributed by atoms with van der Waals surface area (Å²) in [7, 11) is 1.73. The molecule has 0 radical (unpaired) electrons. The third-order valence-corrected chi connectivity index (χ3v) is 4.92. The van der Waals surface area contributed by atoms with E-state index in [4.69, 9.17) is 15.2 Å². The maximum atomic E-state index is 6.21. The summed E-state index contributed by atoms with van der Waals surface area (Å²) in [4.78, 5) is 0. The van der Waals surface area contributed by atoms with Crippen molar-refractivity contribution >= 4 is 0 Å². The van der Waals surface area contributed by atoms with Crippen molar-refractivity contribution in [3.63, 3.8) is 0 Å². The standard InChI is InChI=1S/C22H28NO2.C2H6/c1-24-19-10-11-20-18(16-19)9-12-22(25-14-6-5-13-23)21(20)15-17-7-3-2-4-8-17;1-2/h2-4,7-8,10-11,16,21H,5-6,9,12-15,23H2,1H3;1-2H3/q+1;. The number of benzene rings is 2. The van der Waals surface area contributed by atoms with E-state index in [2.05, 4.69) is 48.5 Å². The monoisotopic (exact) mass is 368 g/mol. The number of unbranched alkanes of at least 4 members (excludes halogenated alkanes) is 1. The van der Waals surface area contributed by atoms with Crippen LogP contribution in [0.25, 0.3) is 0 Å². The molecule has 0 aliphatic heterocycles. The summed E-state index contributed by atoms with van der Waals surface area (Å²) in [5.74, 6) is 1.25. The fourth-order valence-corrected chi connectivity index (χ4v) is 3.57. The fraction of sp³-hybridized carbons (Fsp3) is 0.458. The summed E-state index contributed by atoms with van der Waals surface area (Å²) in [6, 6.07) is 17.1. The Morgan fingerprint density at radius 1 is 1.07 bits per heavy atom. The van der Waals surface area contributed by atoms with Crippen molar-refractivity contribution in [1.29, 1.82) is 0 Å². The lowest BCUT2D eigenvalue weighted by atomic mass is 9.77. The minimum Gasteiger partial charge on any atom is -0.497 e. The Hall–Kier alpha value is -1.97. The molecule has 3 rings (SSSR count). The highest BCUT2D eigenvalue weighted by atomic mass is 16.5. The molecule has 3 nitrogen and oxygen atoms in total. The van der Waals surface area contributed by atoms with Gasteiger partial charge in [-0.2, -0.15) is 4.74 Å². The van der Waals surface area contributed by atoms with Crippen molar-refractivity contribution in [3.05, 3.63) is 71.3 Å². The predicted molar refractivity (Wildman–Crippen MR) is 113 cm³/mol. The van der Waals surface area contributed by atoms with Gasteiger partial charge in [-0.05, 0) is 42.6 Å². The van der Waals surface area contributed by atoms with E-state index in [1.807, 2.05) is 13.8 Å². The van der Waals surface area contributed by atoms with Crippen molar-refractivity contribution in [1.82, 2.24) is 0 Å². The molecule has 0 saturated carbocycles. The van der Waals surface area contributed by atoms with E-state index in [-0.39, 0.29) is 0 Å². The van der Waals surface area contributed by atoms with Crippen molar-refractivity contribution in [2.45, 2.75) is 51.9 Å². The van der Waals surface area contributed by atoms with Crippen LogP contribution < -0.4 is 10.5 Å². The molecular weight excluding hydrogens is 334 g/mol. The number of rotatable bonds is 8. The van der Waals surface area contributed by atoms with E-state index < -0.39 is 0 Å². The second-order valence-corrected chi connectivity index (χ2v) is 6.62. The van der Waals surface area contributed by atoms with Crippen LogP contribution in [0.2, 0.25) is 0 Å². The number of aryl methyl sites for hydroxylation is 1. The second kappa shape index (κ2) is 11.7. The van der Waals surface area contributed by atoms with E-state index in [1.54, 1.807) is 7.11 Å². The molecule has 0 spiro atoms. The minimum atomic E-state index is 0.315.